The lowest BCUT2D eigenvalue weighted by Gasteiger charge is -2.34. The molecule has 1 aliphatic rings. The van der Waals surface area contributed by atoms with E-state index in [9.17, 15) is 4.79 Å². The Kier molecular flexibility index (Phi) is 5.40. The zero-order chi connectivity index (χ0) is 16.2. The Morgan fingerprint density at radius 2 is 2.13 bits per heavy atom. The summed E-state index contributed by atoms with van der Waals surface area (Å²) in [4.78, 5) is 20.6. The number of thiazole rings is 1. The SMILES string of the molecule is O=C(COc1ccc(Cl)cc1Br)N1CCN(c2nccs2)CC1. The van der Waals surface area contributed by atoms with Crippen LogP contribution in [0.4, 0.5) is 5.13 Å². The summed E-state index contributed by atoms with van der Waals surface area (Å²) in [6.07, 6.45) is 1.80. The van der Waals surface area contributed by atoms with Crippen LogP contribution in [-0.4, -0.2) is 48.6 Å². The number of piperazine rings is 1. The first-order valence-corrected chi connectivity index (χ1v) is 9.18. The van der Waals surface area contributed by atoms with Crippen LogP contribution in [0.15, 0.2) is 34.2 Å². The third kappa shape index (κ3) is 4.16. The molecule has 2 heterocycles. The molecule has 23 heavy (non-hydrogen) atoms. The van der Waals surface area contributed by atoms with Crippen LogP contribution in [0, 0.1) is 0 Å². The summed E-state index contributed by atoms with van der Waals surface area (Å²) < 4.78 is 6.33. The normalized spacial score (nSPS) is 14.9. The quantitative estimate of drug-likeness (QED) is 0.767. The molecule has 1 aromatic heterocycles. The van der Waals surface area contributed by atoms with Gasteiger partial charge in [0.2, 0.25) is 0 Å². The molecule has 0 aliphatic carbocycles. The van der Waals surface area contributed by atoms with Gasteiger partial charge in [0.1, 0.15) is 5.75 Å². The Balaban J connectivity index is 1.50. The highest BCUT2D eigenvalue weighted by Gasteiger charge is 2.22. The van der Waals surface area contributed by atoms with Gasteiger partial charge in [-0.15, -0.1) is 11.3 Å². The van der Waals surface area contributed by atoms with E-state index < -0.39 is 0 Å². The Morgan fingerprint density at radius 1 is 1.35 bits per heavy atom. The summed E-state index contributed by atoms with van der Waals surface area (Å²) in [6, 6.07) is 5.23. The lowest BCUT2D eigenvalue weighted by molar-refractivity contribution is -0.133. The summed E-state index contributed by atoms with van der Waals surface area (Å²) in [5.41, 5.74) is 0. The Morgan fingerprint density at radius 3 is 2.78 bits per heavy atom. The number of rotatable bonds is 4. The zero-order valence-corrected chi connectivity index (χ0v) is 15.4. The van der Waals surface area contributed by atoms with Crippen LogP contribution >= 0.6 is 38.9 Å². The van der Waals surface area contributed by atoms with Crippen LogP contribution in [0.5, 0.6) is 5.75 Å². The molecule has 1 aliphatic heterocycles. The fourth-order valence-electron chi connectivity index (χ4n) is 2.34. The summed E-state index contributed by atoms with van der Waals surface area (Å²) in [5, 5.41) is 3.59. The van der Waals surface area contributed by atoms with E-state index in [1.165, 1.54) is 0 Å². The molecule has 0 bridgehead atoms. The average Bonchev–Trinajstić information content (AvgIpc) is 3.08. The van der Waals surface area contributed by atoms with Gasteiger partial charge in [-0.3, -0.25) is 4.79 Å². The van der Waals surface area contributed by atoms with Crippen LogP contribution in [0.3, 0.4) is 0 Å². The predicted molar refractivity (Wildman–Crippen MR) is 95.6 cm³/mol. The minimum absolute atomic E-state index is 0.00867. The van der Waals surface area contributed by atoms with Crippen molar-refractivity contribution in [1.82, 2.24) is 9.88 Å². The number of aromatic nitrogens is 1. The van der Waals surface area contributed by atoms with Crippen molar-refractivity contribution in [2.45, 2.75) is 0 Å². The van der Waals surface area contributed by atoms with Crippen molar-refractivity contribution >= 4 is 49.9 Å². The summed E-state index contributed by atoms with van der Waals surface area (Å²) in [5.74, 6) is 0.606. The number of anilines is 1. The summed E-state index contributed by atoms with van der Waals surface area (Å²) in [7, 11) is 0. The minimum Gasteiger partial charge on any atom is -0.483 e. The molecular formula is C15H15BrClN3O2S. The molecule has 1 fully saturated rings. The molecule has 8 heteroatoms. The van der Waals surface area contributed by atoms with E-state index >= 15 is 0 Å². The second-order valence-corrected chi connectivity index (χ2v) is 7.21. The van der Waals surface area contributed by atoms with E-state index in [2.05, 4.69) is 25.8 Å². The van der Waals surface area contributed by atoms with Gasteiger partial charge >= 0.3 is 0 Å². The number of amides is 1. The first-order chi connectivity index (χ1) is 11.1. The van der Waals surface area contributed by atoms with Crippen molar-refractivity contribution < 1.29 is 9.53 Å². The number of carbonyl (C=O) groups is 1. The van der Waals surface area contributed by atoms with Gasteiger partial charge in [-0.25, -0.2) is 4.98 Å². The van der Waals surface area contributed by atoms with Gasteiger partial charge in [0, 0.05) is 42.8 Å². The Labute approximate surface area is 151 Å². The fourth-order valence-corrected chi connectivity index (χ4v) is 3.84. The van der Waals surface area contributed by atoms with Gasteiger partial charge in [0.15, 0.2) is 11.7 Å². The van der Waals surface area contributed by atoms with E-state index in [4.69, 9.17) is 16.3 Å². The molecule has 1 saturated heterocycles. The highest BCUT2D eigenvalue weighted by molar-refractivity contribution is 9.10. The molecule has 0 atom stereocenters. The zero-order valence-electron chi connectivity index (χ0n) is 12.2. The van der Waals surface area contributed by atoms with Crippen LogP contribution in [0.2, 0.25) is 5.02 Å². The number of hydrogen-bond donors (Lipinski definition) is 0. The van der Waals surface area contributed by atoms with Crippen LogP contribution in [0.25, 0.3) is 0 Å². The van der Waals surface area contributed by atoms with Gasteiger partial charge in [0.05, 0.1) is 4.47 Å². The van der Waals surface area contributed by atoms with Crippen molar-refractivity contribution in [3.63, 3.8) is 0 Å². The number of halogens is 2. The maximum Gasteiger partial charge on any atom is 0.260 e. The second kappa shape index (κ2) is 7.51. The molecule has 0 N–H and O–H groups in total. The molecule has 2 aromatic rings. The van der Waals surface area contributed by atoms with Crippen molar-refractivity contribution in [2.24, 2.45) is 0 Å². The third-order valence-corrected chi connectivity index (χ3v) is 5.25. The number of nitrogens with zero attached hydrogens (tertiary/aromatic N) is 3. The monoisotopic (exact) mass is 415 g/mol. The Bertz CT molecular complexity index is 675. The largest absolute Gasteiger partial charge is 0.483 e. The topological polar surface area (TPSA) is 45.7 Å². The van der Waals surface area contributed by atoms with E-state index in [1.54, 1.807) is 35.7 Å². The van der Waals surface area contributed by atoms with E-state index in [0.717, 1.165) is 22.7 Å². The number of benzene rings is 1. The number of hydrogen-bond acceptors (Lipinski definition) is 5. The van der Waals surface area contributed by atoms with E-state index in [0.29, 0.717) is 23.9 Å². The molecule has 122 valence electrons. The maximum absolute atomic E-state index is 12.3. The van der Waals surface area contributed by atoms with Crippen LogP contribution in [-0.2, 0) is 4.79 Å². The van der Waals surface area contributed by atoms with Gasteiger partial charge in [-0.2, -0.15) is 0 Å². The highest BCUT2D eigenvalue weighted by atomic mass is 79.9. The fraction of sp³-hybridized carbons (Fsp3) is 0.333. The van der Waals surface area contributed by atoms with Gasteiger partial charge in [-0.1, -0.05) is 11.6 Å². The van der Waals surface area contributed by atoms with Crippen molar-refractivity contribution in [2.75, 3.05) is 37.7 Å². The average molecular weight is 417 g/mol. The molecule has 0 spiro atoms. The number of carbonyl (C=O) groups excluding carboxylic acids is 1. The molecule has 0 unspecified atom stereocenters. The van der Waals surface area contributed by atoms with E-state index in [1.807, 2.05) is 10.3 Å². The number of ether oxygens (including phenoxy) is 1. The molecule has 3 rings (SSSR count). The Hall–Kier alpha value is -1.31. The van der Waals surface area contributed by atoms with Gasteiger partial charge < -0.3 is 14.5 Å². The molecule has 5 nitrogen and oxygen atoms in total. The molecule has 1 aromatic carbocycles. The second-order valence-electron chi connectivity index (χ2n) is 5.05. The summed E-state index contributed by atoms with van der Waals surface area (Å²) in [6.45, 7) is 2.98. The molecule has 1 amide bonds. The lowest BCUT2D eigenvalue weighted by atomic mass is 10.3. The van der Waals surface area contributed by atoms with Crippen molar-refractivity contribution in [3.8, 4) is 5.75 Å². The van der Waals surface area contributed by atoms with Gasteiger partial charge in [-0.05, 0) is 34.1 Å². The van der Waals surface area contributed by atoms with Crippen molar-refractivity contribution in [3.05, 3.63) is 39.3 Å². The molecular weight excluding hydrogens is 402 g/mol. The summed E-state index contributed by atoms with van der Waals surface area (Å²) >= 11 is 10.9. The molecule has 0 radical (unpaired) electrons. The highest BCUT2D eigenvalue weighted by Crippen LogP contribution is 2.28. The lowest BCUT2D eigenvalue weighted by Crippen LogP contribution is -2.50. The van der Waals surface area contributed by atoms with Crippen molar-refractivity contribution in [1.29, 1.82) is 0 Å². The van der Waals surface area contributed by atoms with Crippen LogP contribution in [0.1, 0.15) is 0 Å². The third-order valence-electron chi connectivity index (χ3n) is 3.57. The smallest absolute Gasteiger partial charge is 0.260 e. The maximum atomic E-state index is 12.3. The first-order valence-electron chi connectivity index (χ1n) is 7.13. The molecule has 0 saturated carbocycles. The van der Waals surface area contributed by atoms with Gasteiger partial charge in [0.25, 0.3) is 5.91 Å². The predicted octanol–water partition coefficient (Wildman–Crippen LogP) is 3.29. The first kappa shape index (κ1) is 16.5. The standard InChI is InChI=1S/C15H15BrClN3O2S/c16-12-9-11(17)1-2-13(12)22-10-14(21)19-4-6-20(7-5-19)15-18-3-8-23-15/h1-3,8-9H,4-7,10H2. The minimum atomic E-state index is -0.00867. The van der Waals surface area contributed by atoms with E-state index in [-0.39, 0.29) is 12.5 Å². The van der Waals surface area contributed by atoms with Crippen LogP contribution < -0.4 is 9.64 Å².